The second-order valence-electron chi connectivity index (χ2n) is 12.5. The lowest BCUT2D eigenvalue weighted by Gasteiger charge is -2.36. The third-order valence-electron chi connectivity index (χ3n) is 7.78. The molecule has 2 N–H and O–H groups in total. The van der Waals surface area contributed by atoms with Gasteiger partial charge in [-0.1, -0.05) is 39.8 Å². The van der Waals surface area contributed by atoms with E-state index in [1.807, 2.05) is 40.8 Å². The van der Waals surface area contributed by atoms with Crippen LogP contribution in [-0.4, -0.2) is 48.5 Å². The third-order valence-corrected chi connectivity index (χ3v) is 7.78. The lowest BCUT2D eigenvalue weighted by Crippen LogP contribution is -2.47. The summed E-state index contributed by atoms with van der Waals surface area (Å²) < 4.78 is 16.9. The van der Waals surface area contributed by atoms with Crippen LogP contribution in [0.4, 0.5) is 4.79 Å². The number of alkyl carbamates (subject to hydrolysis) is 1. The zero-order valence-electron chi connectivity index (χ0n) is 24.5. The first kappa shape index (κ1) is 30.0. The van der Waals surface area contributed by atoms with E-state index in [-0.39, 0.29) is 41.8 Å². The third kappa shape index (κ3) is 7.98. The number of ether oxygens (including phenoxy) is 3. The van der Waals surface area contributed by atoms with Crippen molar-refractivity contribution in [2.45, 2.75) is 97.8 Å². The Hall–Kier alpha value is -2.54. The summed E-state index contributed by atoms with van der Waals surface area (Å²) in [7, 11) is 1.74. The number of amides is 1. The Labute approximate surface area is 228 Å². The molecule has 1 aliphatic rings. The fraction of sp³-hybridized carbons (Fsp3) is 0.677. The number of esters is 1. The van der Waals surface area contributed by atoms with Crippen LogP contribution in [0, 0.1) is 23.7 Å². The normalized spacial score (nSPS) is 20.5. The fourth-order valence-electron chi connectivity index (χ4n) is 5.75. The Morgan fingerprint density at radius 1 is 1.18 bits per heavy atom. The van der Waals surface area contributed by atoms with Crippen LogP contribution < -0.4 is 5.32 Å². The minimum absolute atomic E-state index is 0.159. The molecule has 1 aromatic carbocycles. The number of fused-ring (bicyclic) bond motifs is 1. The molecule has 1 unspecified atom stereocenters. The van der Waals surface area contributed by atoms with Gasteiger partial charge in [-0.15, -0.1) is 0 Å². The molecule has 5 atom stereocenters. The first-order valence-electron chi connectivity index (χ1n) is 14.2. The summed E-state index contributed by atoms with van der Waals surface area (Å²) in [5, 5.41) is 4.30. The van der Waals surface area contributed by atoms with Crippen molar-refractivity contribution in [1.29, 1.82) is 0 Å². The van der Waals surface area contributed by atoms with E-state index in [4.69, 9.17) is 14.2 Å². The Morgan fingerprint density at radius 3 is 2.53 bits per heavy atom. The number of hydrogen-bond acceptors (Lipinski definition) is 5. The molecule has 0 radical (unpaired) electrons. The molecule has 1 aromatic heterocycles. The molecular weight excluding hydrogens is 480 g/mol. The Morgan fingerprint density at radius 2 is 1.92 bits per heavy atom. The standard InChI is InChI=1S/C31H48N2O5/c1-19(2)24(23(10-9-15-36-8)22-12-11-21-13-14-32-26(21)16-22)17-27(33-30(35)38-31(5,6)7)28-18-25(20(3)4)29(34)37-28/h11-14,16,19-20,23-25,27-28,32H,9-10,15,17-18H2,1-8H3,(H,33,35)/t23?,24-,25-,27-,28-/m0/s1. The summed E-state index contributed by atoms with van der Waals surface area (Å²) in [6.45, 7) is 14.8. The van der Waals surface area contributed by atoms with Gasteiger partial charge >= 0.3 is 12.1 Å². The van der Waals surface area contributed by atoms with E-state index in [1.54, 1.807) is 7.11 Å². The van der Waals surface area contributed by atoms with Crippen LogP contribution in [-0.2, 0) is 19.0 Å². The predicted octanol–water partition coefficient (Wildman–Crippen LogP) is 6.82. The molecule has 0 aliphatic carbocycles. The van der Waals surface area contributed by atoms with E-state index < -0.39 is 11.7 Å². The maximum atomic E-state index is 12.9. The highest BCUT2D eigenvalue weighted by Gasteiger charge is 2.43. The molecular formula is C31H48N2O5. The van der Waals surface area contributed by atoms with Gasteiger partial charge in [-0.2, -0.15) is 0 Å². The molecule has 2 aromatic rings. The molecule has 212 valence electrons. The van der Waals surface area contributed by atoms with Crippen LogP contribution in [0.2, 0.25) is 0 Å². The van der Waals surface area contributed by atoms with E-state index in [9.17, 15) is 9.59 Å². The molecule has 1 amide bonds. The maximum Gasteiger partial charge on any atom is 0.408 e. The zero-order chi connectivity index (χ0) is 28.0. The molecule has 1 fully saturated rings. The van der Waals surface area contributed by atoms with Crippen LogP contribution in [0.3, 0.4) is 0 Å². The minimum Gasteiger partial charge on any atom is -0.460 e. The number of aromatic nitrogens is 1. The van der Waals surface area contributed by atoms with Gasteiger partial charge < -0.3 is 24.5 Å². The summed E-state index contributed by atoms with van der Waals surface area (Å²) in [4.78, 5) is 29.0. The number of methoxy groups -OCH3 is 1. The smallest absolute Gasteiger partial charge is 0.408 e. The lowest BCUT2D eigenvalue weighted by molar-refractivity contribution is -0.146. The molecule has 1 aliphatic heterocycles. The van der Waals surface area contributed by atoms with Crippen molar-refractivity contribution >= 4 is 23.0 Å². The molecule has 0 saturated carbocycles. The molecule has 7 nitrogen and oxygen atoms in total. The van der Waals surface area contributed by atoms with Gasteiger partial charge in [0.15, 0.2) is 0 Å². The maximum absolute atomic E-state index is 12.9. The average Bonchev–Trinajstić information content (AvgIpc) is 3.44. The van der Waals surface area contributed by atoms with E-state index >= 15 is 0 Å². The van der Waals surface area contributed by atoms with Gasteiger partial charge in [0, 0.05) is 25.4 Å². The quantitative estimate of drug-likeness (QED) is 0.233. The number of hydrogen-bond donors (Lipinski definition) is 2. The van der Waals surface area contributed by atoms with Crippen LogP contribution in [0.5, 0.6) is 0 Å². The number of nitrogens with one attached hydrogen (secondary N) is 2. The van der Waals surface area contributed by atoms with E-state index in [0.717, 1.165) is 18.4 Å². The SMILES string of the molecule is COCCCC(c1ccc2cc[nH]c2c1)[C@@H](C[C@H](NC(=O)OC(C)(C)C)[C@@H]1C[C@@H](C(C)C)C(=O)O1)C(C)C. The van der Waals surface area contributed by atoms with Crippen LogP contribution in [0.1, 0.15) is 85.6 Å². The highest BCUT2D eigenvalue weighted by Crippen LogP contribution is 2.40. The predicted molar refractivity (Wildman–Crippen MR) is 151 cm³/mol. The van der Waals surface area contributed by atoms with Crippen molar-refractivity contribution in [1.82, 2.24) is 10.3 Å². The second kappa shape index (κ2) is 13.0. The van der Waals surface area contributed by atoms with Crippen molar-refractivity contribution in [3.05, 3.63) is 36.0 Å². The summed E-state index contributed by atoms with van der Waals surface area (Å²) in [6.07, 6.45) is 4.29. The lowest BCUT2D eigenvalue weighted by atomic mass is 9.73. The van der Waals surface area contributed by atoms with Crippen LogP contribution in [0.15, 0.2) is 30.5 Å². The summed E-state index contributed by atoms with van der Waals surface area (Å²) in [5.74, 6) is 0.673. The molecule has 3 rings (SSSR count). The number of H-pyrrole nitrogens is 1. The molecule has 0 bridgehead atoms. The van der Waals surface area contributed by atoms with Gasteiger partial charge in [-0.05, 0) is 93.2 Å². The van der Waals surface area contributed by atoms with Gasteiger partial charge in [0.2, 0.25) is 0 Å². The summed E-state index contributed by atoms with van der Waals surface area (Å²) in [5.41, 5.74) is 1.77. The van der Waals surface area contributed by atoms with Crippen molar-refractivity contribution in [2.24, 2.45) is 23.7 Å². The average molecular weight is 529 g/mol. The monoisotopic (exact) mass is 528 g/mol. The van der Waals surface area contributed by atoms with Gasteiger partial charge in [-0.25, -0.2) is 4.79 Å². The second-order valence-corrected chi connectivity index (χ2v) is 12.5. The first-order chi connectivity index (χ1) is 17.9. The first-order valence-corrected chi connectivity index (χ1v) is 14.2. The highest BCUT2D eigenvalue weighted by atomic mass is 16.6. The summed E-state index contributed by atoms with van der Waals surface area (Å²) in [6, 6.07) is 8.39. The number of benzene rings is 1. The van der Waals surface area contributed by atoms with Crippen LogP contribution in [0.25, 0.3) is 10.9 Å². The van der Waals surface area contributed by atoms with E-state index in [0.29, 0.717) is 25.4 Å². The number of aromatic amines is 1. The Balaban J connectivity index is 1.93. The molecule has 2 heterocycles. The molecule has 38 heavy (non-hydrogen) atoms. The summed E-state index contributed by atoms with van der Waals surface area (Å²) >= 11 is 0. The molecule has 0 spiro atoms. The zero-order valence-corrected chi connectivity index (χ0v) is 24.5. The highest BCUT2D eigenvalue weighted by molar-refractivity contribution is 5.80. The van der Waals surface area contributed by atoms with Gasteiger partial charge in [0.1, 0.15) is 11.7 Å². The topological polar surface area (TPSA) is 89.6 Å². The minimum atomic E-state index is -0.618. The molecule has 7 heteroatoms. The largest absolute Gasteiger partial charge is 0.460 e. The van der Waals surface area contributed by atoms with Gasteiger partial charge in [0.05, 0.1) is 12.0 Å². The Kier molecular flexibility index (Phi) is 10.3. The molecule has 1 saturated heterocycles. The number of rotatable bonds is 12. The number of carbonyl (C=O) groups excluding carboxylic acids is 2. The van der Waals surface area contributed by atoms with Crippen molar-refractivity contribution < 1.29 is 23.8 Å². The van der Waals surface area contributed by atoms with Crippen LogP contribution >= 0.6 is 0 Å². The van der Waals surface area contributed by atoms with Gasteiger partial charge in [0.25, 0.3) is 0 Å². The number of cyclic esters (lactones) is 1. The van der Waals surface area contributed by atoms with Crippen molar-refractivity contribution in [2.75, 3.05) is 13.7 Å². The van der Waals surface area contributed by atoms with E-state index in [1.165, 1.54) is 10.9 Å². The van der Waals surface area contributed by atoms with Gasteiger partial charge in [-0.3, -0.25) is 4.79 Å². The van der Waals surface area contributed by atoms with Crippen molar-refractivity contribution in [3.8, 4) is 0 Å². The van der Waals surface area contributed by atoms with Crippen molar-refractivity contribution in [3.63, 3.8) is 0 Å². The fourth-order valence-corrected chi connectivity index (χ4v) is 5.75. The Bertz CT molecular complexity index is 1050. The number of carbonyl (C=O) groups is 2. The van der Waals surface area contributed by atoms with E-state index in [2.05, 4.69) is 48.4 Å².